The van der Waals surface area contributed by atoms with Gasteiger partial charge in [0.25, 0.3) is 0 Å². The van der Waals surface area contributed by atoms with Gasteiger partial charge in [-0.15, -0.1) is 0 Å². The fraction of sp³-hybridized carbons (Fsp3) is 0.240. The van der Waals surface area contributed by atoms with Gasteiger partial charge in [0.2, 0.25) is 5.91 Å². The van der Waals surface area contributed by atoms with Crippen LogP contribution in [0.4, 0.5) is 23.2 Å². The molecule has 1 aliphatic rings. The molecule has 0 spiro atoms. The van der Waals surface area contributed by atoms with Crippen molar-refractivity contribution in [3.05, 3.63) is 82.9 Å². The third kappa shape index (κ3) is 4.37. The Morgan fingerprint density at radius 3 is 2.35 bits per heavy atom. The number of aromatic nitrogens is 1. The summed E-state index contributed by atoms with van der Waals surface area (Å²) >= 11 is 0. The van der Waals surface area contributed by atoms with Crippen LogP contribution in [0.5, 0.6) is 0 Å². The van der Waals surface area contributed by atoms with Gasteiger partial charge in [-0.2, -0.15) is 13.2 Å². The number of hydrogen-bond acceptors (Lipinski definition) is 4. The highest BCUT2D eigenvalue weighted by Gasteiger charge is 2.53. The van der Waals surface area contributed by atoms with Gasteiger partial charge in [0.1, 0.15) is 5.82 Å². The first kappa shape index (κ1) is 23.4. The fourth-order valence-corrected chi connectivity index (χ4v) is 3.85. The van der Waals surface area contributed by atoms with Gasteiger partial charge in [0.15, 0.2) is 0 Å². The summed E-state index contributed by atoms with van der Waals surface area (Å²) in [5, 5.41) is 2.67. The van der Waals surface area contributed by atoms with Crippen LogP contribution in [0.3, 0.4) is 0 Å². The van der Waals surface area contributed by atoms with Gasteiger partial charge in [0.05, 0.1) is 23.7 Å². The molecule has 0 saturated heterocycles. The van der Waals surface area contributed by atoms with Gasteiger partial charge < -0.3 is 10.1 Å². The van der Waals surface area contributed by atoms with E-state index in [9.17, 15) is 27.2 Å². The highest BCUT2D eigenvalue weighted by atomic mass is 19.4. The molecule has 4 rings (SSSR count). The number of benzene rings is 2. The van der Waals surface area contributed by atoms with E-state index in [2.05, 4.69) is 10.3 Å². The highest BCUT2D eigenvalue weighted by molar-refractivity contribution is 6.04. The number of carbonyl (C=O) groups is 2. The molecule has 0 bridgehead atoms. The number of hydrogen-bond donors (Lipinski definition) is 1. The molecule has 1 amide bonds. The first-order chi connectivity index (χ1) is 16.0. The number of rotatable bonds is 5. The van der Waals surface area contributed by atoms with Crippen molar-refractivity contribution < 1.29 is 31.9 Å². The summed E-state index contributed by atoms with van der Waals surface area (Å²) in [6, 6.07) is 10.4. The molecule has 1 N–H and O–H groups in total. The average molecular weight is 472 g/mol. The van der Waals surface area contributed by atoms with E-state index in [0.29, 0.717) is 17.2 Å². The first-order valence-corrected chi connectivity index (χ1v) is 10.4. The van der Waals surface area contributed by atoms with Crippen molar-refractivity contribution in [2.24, 2.45) is 0 Å². The van der Waals surface area contributed by atoms with Gasteiger partial charge in [0, 0.05) is 28.7 Å². The molecule has 3 aromatic rings. The molecule has 5 nitrogen and oxygen atoms in total. The molecule has 0 radical (unpaired) electrons. The van der Waals surface area contributed by atoms with Crippen LogP contribution in [-0.2, 0) is 21.1 Å². The van der Waals surface area contributed by atoms with Crippen molar-refractivity contribution in [1.29, 1.82) is 0 Å². The number of amides is 1. The Morgan fingerprint density at radius 2 is 1.79 bits per heavy atom. The topological polar surface area (TPSA) is 68.3 Å². The fourth-order valence-electron chi connectivity index (χ4n) is 3.85. The lowest BCUT2D eigenvalue weighted by atomic mass is 9.93. The largest absolute Gasteiger partial charge is 0.465 e. The normalized spacial score (nSPS) is 14.4. The Hall–Kier alpha value is -3.75. The quantitative estimate of drug-likeness (QED) is 0.384. The Kier molecular flexibility index (Phi) is 5.89. The molecule has 9 heteroatoms. The molecule has 176 valence electrons. The number of carbonyl (C=O) groups excluding carboxylic acids is 2. The van der Waals surface area contributed by atoms with E-state index < -0.39 is 34.8 Å². The van der Waals surface area contributed by atoms with E-state index in [1.54, 1.807) is 30.5 Å². The molecule has 1 heterocycles. The minimum Gasteiger partial charge on any atom is -0.465 e. The van der Waals surface area contributed by atoms with Gasteiger partial charge in [-0.25, -0.2) is 9.18 Å². The monoisotopic (exact) mass is 472 g/mol. The number of methoxy groups -OCH3 is 1. The summed E-state index contributed by atoms with van der Waals surface area (Å²) in [4.78, 5) is 29.7. The van der Waals surface area contributed by atoms with Crippen LogP contribution in [-0.4, -0.2) is 24.0 Å². The molecular formula is C25H20F4N2O3. The molecule has 2 aromatic carbocycles. The van der Waals surface area contributed by atoms with E-state index in [1.165, 1.54) is 13.2 Å². The van der Waals surface area contributed by atoms with Crippen molar-refractivity contribution >= 4 is 17.6 Å². The van der Waals surface area contributed by atoms with Gasteiger partial charge in [-0.1, -0.05) is 18.2 Å². The highest BCUT2D eigenvalue weighted by Crippen LogP contribution is 2.50. The maximum absolute atomic E-state index is 14.6. The summed E-state index contributed by atoms with van der Waals surface area (Å²) in [5.74, 6) is -2.27. The molecule has 0 aliphatic heterocycles. The van der Waals surface area contributed by atoms with Crippen molar-refractivity contribution in [3.8, 4) is 11.1 Å². The van der Waals surface area contributed by atoms with E-state index >= 15 is 0 Å². The van der Waals surface area contributed by atoms with Crippen LogP contribution < -0.4 is 5.32 Å². The predicted octanol–water partition coefficient (Wildman–Crippen LogP) is 5.67. The van der Waals surface area contributed by atoms with Gasteiger partial charge >= 0.3 is 12.1 Å². The van der Waals surface area contributed by atoms with Crippen LogP contribution in [0.1, 0.15) is 40.0 Å². The number of halogens is 4. The minimum absolute atomic E-state index is 0.0893. The molecule has 1 aromatic heterocycles. The van der Waals surface area contributed by atoms with Crippen molar-refractivity contribution in [2.45, 2.75) is 31.4 Å². The average Bonchev–Trinajstić information content (AvgIpc) is 3.60. The molecule has 0 unspecified atom stereocenters. The lowest BCUT2D eigenvalue weighted by molar-refractivity contribution is -0.137. The van der Waals surface area contributed by atoms with E-state index in [1.807, 2.05) is 6.92 Å². The number of aryl methyl sites for hydroxylation is 1. The van der Waals surface area contributed by atoms with Crippen molar-refractivity contribution in [2.75, 3.05) is 12.4 Å². The second kappa shape index (κ2) is 8.55. The number of ether oxygens (including phenoxy) is 1. The van der Waals surface area contributed by atoms with Crippen LogP contribution in [0.25, 0.3) is 11.1 Å². The second-order valence-electron chi connectivity index (χ2n) is 8.17. The van der Waals surface area contributed by atoms with Gasteiger partial charge in [-0.05, 0) is 55.7 Å². The smallest absolute Gasteiger partial charge is 0.416 e. The van der Waals surface area contributed by atoms with E-state index in [-0.39, 0.29) is 29.7 Å². The third-order valence-corrected chi connectivity index (χ3v) is 5.90. The van der Waals surface area contributed by atoms with E-state index in [0.717, 1.165) is 17.8 Å². The zero-order chi connectivity index (χ0) is 24.7. The molecule has 1 fully saturated rings. The summed E-state index contributed by atoms with van der Waals surface area (Å²) in [7, 11) is 1.23. The lowest BCUT2D eigenvalue weighted by Crippen LogP contribution is -2.29. The number of alkyl halides is 3. The van der Waals surface area contributed by atoms with Gasteiger partial charge in [-0.3, -0.25) is 9.78 Å². The summed E-state index contributed by atoms with van der Waals surface area (Å²) in [6.45, 7) is 1.83. The van der Waals surface area contributed by atoms with Crippen LogP contribution in [0, 0.1) is 12.7 Å². The van der Waals surface area contributed by atoms with Crippen LogP contribution in [0.2, 0.25) is 0 Å². The Labute approximate surface area is 192 Å². The van der Waals surface area contributed by atoms with Crippen molar-refractivity contribution in [1.82, 2.24) is 4.98 Å². The predicted molar refractivity (Wildman–Crippen MR) is 117 cm³/mol. The summed E-state index contributed by atoms with van der Waals surface area (Å²) < 4.78 is 58.1. The second-order valence-corrected chi connectivity index (χ2v) is 8.17. The first-order valence-electron chi connectivity index (χ1n) is 10.4. The Balaban J connectivity index is 1.63. The van der Waals surface area contributed by atoms with Crippen molar-refractivity contribution in [3.63, 3.8) is 0 Å². The third-order valence-electron chi connectivity index (χ3n) is 5.90. The Morgan fingerprint density at radius 1 is 1.06 bits per heavy atom. The Bertz CT molecular complexity index is 1270. The van der Waals surface area contributed by atoms with E-state index in [4.69, 9.17) is 4.74 Å². The van der Waals surface area contributed by atoms with Crippen LogP contribution in [0.15, 0.2) is 54.7 Å². The maximum atomic E-state index is 14.6. The number of anilines is 1. The molecule has 1 aliphatic carbocycles. The SMILES string of the molecule is COC(=O)c1cc(NC(=O)C2(c3ccc(C(F)(F)F)cc3F)CC2)ccc1-c1ccc(C)nc1. The number of nitrogens with zero attached hydrogens (tertiary/aromatic N) is 1. The standard InChI is InChI=1S/C25H20F4N2O3/c1-14-3-4-15(13-30-14)18-7-6-17(12-19(18)22(32)34-2)31-23(33)24(9-10-24)20-8-5-16(11-21(20)26)25(27,28)29/h3-8,11-13H,9-10H2,1-2H3,(H,31,33). The zero-order valence-corrected chi connectivity index (χ0v) is 18.3. The maximum Gasteiger partial charge on any atom is 0.416 e. The number of nitrogens with one attached hydrogen (secondary N) is 1. The lowest BCUT2D eigenvalue weighted by Gasteiger charge is -2.18. The summed E-state index contributed by atoms with van der Waals surface area (Å²) in [6.07, 6.45) is -2.49. The summed E-state index contributed by atoms with van der Waals surface area (Å²) in [5.41, 5.74) is 0.0185. The zero-order valence-electron chi connectivity index (χ0n) is 18.3. The molecule has 1 saturated carbocycles. The van der Waals surface area contributed by atoms with Crippen LogP contribution >= 0.6 is 0 Å². The molecule has 0 atom stereocenters. The number of esters is 1. The molecular weight excluding hydrogens is 452 g/mol. The number of pyridine rings is 1. The minimum atomic E-state index is -4.68. The molecule has 34 heavy (non-hydrogen) atoms.